The summed E-state index contributed by atoms with van der Waals surface area (Å²) in [6.45, 7) is 16.4. The third kappa shape index (κ3) is 11.8. The van der Waals surface area contributed by atoms with Gasteiger partial charge in [-0.15, -0.1) is 0 Å². The molecule has 0 amide bonds. The first-order valence-corrected chi connectivity index (χ1v) is 30.1. The van der Waals surface area contributed by atoms with Crippen molar-refractivity contribution in [3.8, 4) is 0 Å². The molecule has 20 heteroatoms. The summed E-state index contributed by atoms with van der Waals surface area (Å²) in [5.74, 6) is -2.19. The van der Waals surface area contributed by atoms with E-state index >= 15 is 0 Å². The standard InChI is InChI=1S/C62H94O20/c1-13-33(2)57(66)77-38(7)60(67)25-26-62(69)59(60,9)47(79-48(64)20-19-39-17-15-14-16-18-39)32-46-58(8)23-22-41(27-40(58)21-24-61(46,62)68)78-49-28-42(63)54(35(4)74-49)80-51-30-44(71-11)56(36(5)75-51)82-52-31-45(72-12)55(37(6)76-52)81-50-29-43(70-10)53(65)34(3)73-50/h14-21,33-38,41-47,49-56,63,65,67-69H,13,22-32H2,1-12H3/b20-19+/t33-,34+,35-,36+,37-,38+,41+,42+,43-,44+,45+,46-,47-,49+,50+,51+,52+,53+,54-,55-,56-,58+,59-,60-,61+,62-/m1/s1. The third-order valence-corrected chi connectivity index (χ3v) is 20.8. The van der Waals surface area contributed by atoms with Crippen LogP contribution in [0.15, 0.2) is 48.1 Å². The van der Waals surface area contributed by atoms with E-state index in [0.29, 0.717) is 44.9 Å². The van der Waals surface area contributed by atoms with Gasteiger partial charge in [-0.25, -0.2) is 4.79 Å². The number of aliphatic hydroxyl groups is 5. The van der Waals surface area contributed by atoms with Crippen LogP contribution in [0.4, 0.5) is 0 Å². The predicted molar refractivity (Wildman–Crippen MR) is 295 cm³/mol. The molecular formula is C62H94O20. The predicted octanol–water partition coefficient (Wildman–Crippen LogP) is 5.97. The Morgan fingerprint density at radius 1 is 0.707 bits per heavy atom. The number of hydrogen-bond donors (Lipinski definition) is 5. The van der Waals surface area contributed by atoms with E-state index in [0.717, 1.165) is 11.1 Å². The molecule has 0 spiro atoms. The van der Waals surface area contributed by atoms with Crippen LogP contribution < -0.4 is 0 Å². The van der Waals surface area contributed by atoms with E-state index in [1.165, 1.54) is 6.08 Å². The molecular weight excluding hydrogens is 1060 g/mol. The van der Waals surface area contributed by atoms with Crippen LogP contribution >= 0.6 is 0 Å². The normalized spacial score (nSPS) is 46.6. The van der Waals surface area contributed by atoms with Gasteiger partial charge in [-0.05, 0) is 103 Å². The van der Waals surface area contributed by atoms with Crippen molar-refractivity contribution in [2.75, 3.05) is 21.3 Å². The van der Waals surface area contributed by atoms with Gasteiger partial charge in [0.05, 0.1) is 66.3 Å². The van der Waals surface area contributed by atoms with Gasteiger partial charge in [0.15, 0.2) is 25.2 Å². The molecule has 1 aromatic carbocycles. The number of carbonyl (C=O) groups excluding carboxylic acids is 2. The van der Waals surface area contributed by atoms with Gasteiger partial charge in [0.2, 0.25) is 0 Å². The number of methoxy groups -OCH3 is 3. The highest BCUT2D eigenvalue weighted by Crippen LogP contribution is 2.71. The van der Waals surface area contributed by atoms with Crippen molar-refractivity contribution >= 4 is 18.0 Å². The highest BCUT2D eigenvalue weighted by molar-refractivity contribution is 5.87. The Bertz CT molecular complexity index is 2380. The molecule has 1 aromatic rings. The number of ether oxygens (including phenoxy) is 13. The van der Waals surface area contributed by atoms with Gasteiger partial charge in [-0.1, -0.05) is 69.7 Å². The number of esters is 2. The first kappa shape index (κ1) is 63.5. The lowest BCUT2D eigenvalue weighted by atomic mass is 9.42. The molecule has 20 nitrogen and oxygen atoms in total. The van der Waals surface area contributed by atoms with Gasteiger partial charge >= 0.3 is 11.9 Å². The number of carbonyl (C=O) groups is 2. The summed E-state index contributed by atoms with van der Waals surface area (Å²) in [4.78, 5) is 27.1. The lowest BCUT2D eigenvalue weighted by Gasteiger charge is -2.67. The van der Waals surface area contributed by atoms with E-state index in [2.05, 4.69) is 6.92 Å². The van der Waals surface area contributed by atoms with E-state index in [4.69, 9.17) is 61.6 Å². The van der Waals surface area contributed by atoms with E-state index in [1.54, 1.807) is 55.1 Å². The fourth-order valence-electron chi connectivity index (χ4n) is 15.5. The van der Waals surface area contributed by atoms with Crippen LogP contribution in [0.3, 0.4) is 0 Å². The Balaban J connectivity index is 0.820. The molecule has 0 aromatic heterocycles. The topological polar surface area (TPSA) is 255 Å². The Kier molecular flexibility index (Phi) is 19.7. The molecule has 4 heterocycles. The number of rotatable bonds is 18. The second-order valence-electron chi connectivity index (χ2n) is 25.3. The van der Waals surface area contributed by atoms with Crippen LogP contribution in [0.25, 0.3) is 6.08 Å². The van der Waals surface area contributed by atoms with Crippen molar-refractivity contribution in [2.24, 2.45) is 22.7 Å². The Hall–Kier alpha value is -3.00. The van der Waals surface area contributed by atoms with Gasteiger partial charge in [0.1, 0.15) is 53.4 Å². The minimum atomic E-state index is -1.98. The molecule has 8 aliphatic rings. The summed E-state index contributed by atoms with van der Waals surface area (Å²) >= 11 is 0. The maximum atomic E-state index is 13.9. The second kappa shape index (κ2) is 25.4. The smallest absolute Gasteiger partial charge is 0.331 e. The second-order valence-corrected chi connectivity index (χ2v) is 25.3. The first-order valence-electron chi connectivity index (χ1n) is 30.1. The summed E-state index contributed by atoms with van der Waals surface area (Å²) in [6, 6.07) is 9.32. The van der Waals surface area contributed by atoms with E-state index < -0.39 is 162 Å². The Morgan fingerprint density at radius 2 is 1.26 bits per heavy atom. The SMILES string of the molecule is CC[C@@H](C)C(=O)O[C@@H](C)[C@]1(O)CC[C@@]2(O)[C@]1(C)[C@H](OC(=O)/C=C/c1ccccc1)C[C@@H]1[C@@]3(C)CC[C@H](O[C@H]4C[C@H](O)[C@H](O[C@H]5C[C@H](OC)[C@H](O[C@H]6C[C@H](OC)[C@H](O[C@H]7C[C@@H](OC)[C@@H](O)[C@H](C)O7)[C@@H](C)O6)[C@H](C)O5)[C@@H](C)O4)CC3=CC[C@]12O. The molecule has 7 fully saturated rings. The van der Waals surface area contributed by atoms with E-state index in [-0.39, 0.29) is 38.2 Å². The molecule has 5 N–H and O–H groups in total. The zero-order valence-corrected chi connectivity index (χ0v) is 50.1. The van der Waals surface area contributed by atoms with Gasteiger partial charge in [0.25, 0.3) is 0 Å². The minimum absolute atomic E-state index is 0.0131. The van der Waals surface area contributed by atoms with Crippen LogP contribution in [0.5, 0.6) is 0 Å². The highest BCUT2D eigenvalue weighted by Gasteiger charge is 2.81. The number of fused-ring (bicyclic) bond motifs is 5. The zero-order chi connectivity index (χ0) is 59.3. The number of hydrogen-bond acceptors (Lipinski definition) is 20. The monoisotopic (exact) mass is 1160 g/mol. The van der Waals surface area contributed by atoms with Crippen molar-refractivity contribution in [3.05, 3.63) is 53.6 Å². The van der Waals surface area contributed by atoms with Gasteiger partial charge < -0.3 is 87.1 Å². The molecule has 4 aliphatic carbocycles. The lowest BCUT2D eigenvalue weighted by molar-refractivity contribution is -0.346. The molecule has 26 atom stereocenters. The summed E-state index contributed by atoms with van der Waals surface area (Å²) in [7, 11) is 4.79. The fourth-order valence-corrected chi connectivity index (χ4v) is 15.5. The van der Waals surface area contributed by atoms with Crippen LogP contribution in [0.1, 0.15) is 145 Å². The van der Waals surface area contributed by atoms with Gasteiger partial charge in [-0.3, -0.25) is 4.79 Å². The van der Waals surface area contributed by atoms with Crippen molar-refractivity contribution in [1.82, 2.24) is 0 Å². The molecule has 3 saturated carbocycles. The van der Waals surface area contributed by atoms with E-state index in [1.807, 2.05) is 64.1 Å². The Labute approximate surface area is 483 Å². The molecule has 4 aliphatic heterocycles. The van der Waals surface area contributed by atoms with E-state index in [9.17, 15) is 35.1 Å². The molecule has 4 saturated heterocycles. The van der Waals surface area contributed by atoms with Crippen LogP contribution in [-0.2, 0) is 71.2 Å². The summed E-state index contributed by atoms with van der Waals surface area (Å²) in [5.41, 5.74) is -6.15. The molecule has 462 valence electrons. The fraction of sp³-hybridized carbons (Fsp3) is 0.806. The molecule has 9 rings (SSSR count). The van der Waals surface area contributed by atoms with Crippen LogP contribution in [-0.4, -0.2) is 192 Å². The van der Waals surface area contributed by atoms with Gasteiger partial charge in [-0.2, -0.15) is 0 Å². The largest absolute Gasteiger partial charge is 0.459 e. The third-order valence-electron chi connectivity index (χ3n) is 20.8. The number of aliphatic hydroxyl groups excluding tert-OH is 2. The van der Waals surface area contributed by atoms with Crippen LogP contribution in [0, 0.1) is 22.7 Å². The molecule has 0 radical (unpaired) electrons. The molecule has 82 heavy (non-hydrogen) atoms. The van der Waals surface area contributed by atoms with Crippen LogP contribution in [0.2, 0.25) is 0 Å². The molecule has 0 unspecified atom stereocenters. The highest BCUT2D eigenvalue weighted by atomic mass is 16.8. The Morgan fingerprint density at radius 3 is 1.83 bits per heavy atom. The first-order chi connectivity index (χ1) is 38.9. The average molecular weight is 1160 g/mol. The average Bonchev–Trinajstić information content (AvgIpc) is 1.36. The lowest BCUT2D eigenvalue weighted by Crippen LogP contribution is -2.78. The summed E-state index contributed by atoms with van der Waals surface area (Å²) in [6.07, 6.45) is -3.63. The van der Waals surface area contributed by atoms with Gasteiger partial charge in [0, 0.05) is 59.0 Å². The zero-order valence-electron chi connectivity index (χ0n) is 50.1. The maximum Gasteiger partial charge on any atom is 0.331 e. The summed E-state index contributed by atoms with van der Waals surface area (Å²) in [5, 5.41) is 61.7. The quantitative estimate of drug-likeness (QED) is 0.0645. The maximum absolute atomic E-state index is 13.9. The van der Waals surface area contributed by atoms with Crippen molar-refractivity contribution in [1.29, 1.82) is 0 Å². The summed E-state index contributed by atoms with van der Waals surface area (Å²) < 4.78 is 81.1. The van der Waals surface area contributed by atoms with Crippen molar-refractivity contribution in [2.45, 2.75) is 273 Å². The minimum Gasteiger partial charge on any atom is -0.459 e. The van der Waals surface area contributed by atoms with Crippen molar-refractivity contribution in [3.63, 3.8) is 0 Å². The number of benzene rings is 1. The van der Waals surface area contributed by atoms with Crippen molar-refractivity contribution < 1.29 is 96.7 Å². The molecule has 0 bridgehead atoms.